The Morgan fingerprint density at radius 2 is 1.86 bits per heavy atom. The summed E-state index contributed by atoms with van der Waals surface area (Å²) in [4.78, 5) is 14.7. The van der Waals surface area contributed by atoms with Gasteiger partial charge < -0.3 is 14.4 Å². The first kappa shape index (κ1) is 25.1. The van der Waals surface area contributed by atoms with E-state index in [4.69, 9.17) is 9.47 Å². The summed E-state index contributed by atoms with van der Waals surface area (Å²) in [5, 5.41) is 9.36. The number of ether oxygens (including phenoxy) is 2. The Kier molecular flexibility index (Phi) is 7.66. The van der Waals surface area contributed by atoms with Gasteiger partial charge in [0, 0.05) is 12.6 Å². The number of nitrogens with zero attached hydrogens (tertiary/aromatic N) is 4. The van der Waals surface area contributed by atoms with Crippen molar-refractivity contribution in [2.75, 3.05) is 38.0 Å². The number of thioether (sulfide) groups is 1. The van der Waals surface area contributed by atoms with Crippen molar-refractivity contribution in [3.63, 3.8) is 0 Å². The Hall–Kier alpha value is -3.05. The predicted molar refractivity (Wildman–Crippen MR) is 135 cm³/mol. The second-order valence-corrected chi connectivity index (χ2v) is 11.2. The molecule has 9 nitrogen and oxygen atoms in total. The van der Waals surface area contributed by atoms with Gasteiger partial charge in [0.15, 0.2) is 20.8 Å². The van der Waals surface area contributed by atoms with Crippen LogP contribution in [0, 0.1) is 0 Å². The molecule has 1 saturated heterocycles. The minimum atomic E-state index is -3.08. The minimum Gasteiger partial charge on any atom is -0.497 e. The number of hydrogen-bond acceptors (Lipinski definition) is 8. The molecule has 1 aliphatic heterocycles. The summed E-state index contributed by atoms with van der Waals surface area (Å²) in [6.45, 7) is 2.32. The van der Waals surface area contributed by atoms with Gasteiger partial charge >= 0.3 is 0 Å². The third-order valence-electron chi connectivity index (χ3n) is 5.95. The zero-order valence-corrected chi connectivity index (χ0v) is 21.5. The van der Waals surface area contributed by atoms with Crippen LogP contribution >= 0.6 is 11.8 Å². The molecule has 3 aromatic rings. The maximum atomic E-state index is 13.1. The molecule has 0 aliphatic carbocycles. The number of methoxy groups -OCH3 is 2. The second-order valence-electron chi connectivity index (χ2n) is 8.07. The van der Waals surface area contributed by atoms with E-state index >= 15 is 0 Å². The number of hydrogen-bond donors (Lipinski definition) is 0. The lowest BCUT2D eigenvalue weighted by atomic mass is 10.2. The molecule has 0 saturated carbocycles. The van der Waals surface area contributed by atoms with Crippen LogP contribution in [-0.2, 0) is 14.6 Å². The van der Waals surface area contributed by atoms with Crippen LogP contribution in [0.4, 0.5) is 0 Å². The Morgan fingerprint density at radius 1 is 1.11 bits per heavy atom. The summed E-state index contributed by atoms with van der Waals surface area (Å²) in [5.74, 6) is 2.10. The monoisotopic (exact) mass is 516 g/mol. The Balaban J connectivity index is 1.64. The maximum absolute atomic E-state index is 13.1. The second kappa shape index (κ2) is 10.7. The van der Waals surface area contributed by atoms with E-state index in [1.807, 2.05) is 60.0 Å². The summed E-state index contributed by atoms with van der Waals surface area (Å²) in [5.41, 5.74) is 1.57. The standard InChI is InChI=1S/C24H28N4O5S2/c1-4-27(18-13-14-35(30,31)16-18)22(29)15-34-24-26-25-23(20-7-5-6-8-21(20)33-3)28(24)17-9-11-19(32-2)12-10-17/h5-12,18H,4,13-16H2,1-3H3. The molecule has 1 unspecified atom stereocenters. The van der Waals surface area contributed by atoms with E-state index < -0.39 is 9.84 Å². The van der Waals surface area contributed by atoms with Crippen LogP contribution in [0.15, 0.2) is 53.7 Å². The van der Waals surface area contributed by atoms with Crippen LogP contribution < -0.4 is 9.47 Å². The molecule has 1 atom stereocenters. The highest BCUT2D eigenvalue weighted by atomic mass is 32.2. The van der Waals surface area contributed by atoms with Crippen molar-refractivity contribution in [2.45, 2.75) is 24.5 Å². The predicted octanol–water partition coefficient (Wildman–Crippen LogP) is 3.08. The first-order chi connectivity index (χ1) is 16.9. The highest BCUT2D eigenvalue weighted by Crippen LogP contribution is 2.34. The van der Waals surface area contributed by atoms with Gasteiger partial charge in [-0.3, -0.25) is 9.36 Å². The first-order valence-electron chi connectivity index (χ1n) is 11.2. The molecule has 2 heterocycles. The molecule has 35 heavy (non-hydrogen) atoms. The van der Waals surface area contributed by atoms with Crippen LogP contribution in [-0.4, -0.2) is 78.1 Å². The van der Waals surface area contributed by atoms with Crippen molar-refractivity contribution in [1.29, 1.82) is 0 Å². The lowest BCUT2D eigenvalue weighted by Gasteiger charge is -2.26. The van der Waals surface area contributed by atoms with Crippen LogP contribution in [0.5, 0.6) is 11.5 Å². The molecule has 2 aromatic carbocycles. The van der Waals surface area contributed by atoms with E-state index in [2.05, 4.69) is 10.2 Å². The van der Waals surface area contributed by atoms with E-state index in [1.54, 1.807) is 19.1 Å². The smallest absolute Gasteiger partial charge is 0.233 e. The van der Waals surface area contributed by atoms with E-state index in [-0.39, 0.29) is 29.2 Å². The molecular formula is C24H28N4O5S2. The van der Waals surface area contributed by atoms with E-state index in [0.717, 1.165) is 17.0 Å². The molecule has 11 heteroatoms. The van der Waals surface area contributed by atoms with Crippen LogP contribution in [0.25, 0.3) is 17.1 Å². The van der Waals surface area contributed by atoms with E-state index in [1.165, 1.54) is 11.8 Å². The fourth-order valence-corrected chi connectivity index (χ4v) is 6.77. The summed E-state index contributed by atoms with van der Waals surface area (Å²) >= 11 is 1.27. The molecule has 1 aliphatic rings. The van der Waals surface area contributed by atoms with E-state index in [9.17, 15) is 13.2 Å². The average Bonchev–Trinajstić information content (AvgIpc) is 3.45. The highest BCUT2D eigenvalue weighted by molar-refractivity contribution is 7.99. The summed E-state index contributed by atoms with van der Waals surface area (Å²) in [6, 6.07) is 14.8. The number of rotatable bonds is 9. The third-order valence-corrected chi connectivity index (χ3v) is 8.61. The van der Waals surface area contributed by atoms with Gasteiger partial charge in [0.05, 0.1) is 42.7 Å². The molecule has 1 amide bonds. The molecule has 1 fully saturated rings. The molecule has 0 radical (unpaired) electrons. The van der Waals surface area contributed by atoms with Crippen LogP contribution in [0.2, 0.25) is 0 Å². The van der Waals surface area contributed by atoms with Gasteiger partial charge in [-0.1, -0.05) is 23.9 Å². The molecular weight excluding hydrogens is 488 g/mol. The van der Waals surface area contributed by atoms with Crippen LogP contribution in [0.3, 0.4) is 0 Å². The quantitative estimate of drug-likeness (QED) is 0.400. The number of aromatic nitrogens is 3. The lowest BCUT2D eigenvalue weighted by molar-refractivity contribution is -0.129. The van der Waals surface area contributed by atoms with Gasteiger partial charge in [0.2, 0.25) is 5.91 Å². The minimum absolute atomic E-state index is 0.0250. The van der Waals surface area contributed by atoms with Gasteiger partial charge in [-0.05, 0) is 49.7 Å². The van der Waals surface area contributed by atoms with Crippen molar-refractivity contribution >= 4 is 27.5 Å². The Labute approximate surface area is 209 Å². The summed E-state index contributed by atoms with van der Waals surface area (Å²) in [6.07, 6.45) is 0.479. The number of carbonyl (C=O) groups is 1. The molecule has 1 aromatic heterocycles. The third kappa shape index (κ3) is 5.46. The fourth-order valence-electron chi connectivity index (χ4n) is 4.20. The van der Waals surface area contributed by atoms with Crippen LogP contribution in [0.1, 0.15) is 13.3 Å². The van der Waals surface area contributed by atoms with Crippen molar-refractivity contribution < 1.29 is 22.7 Å². The van der Waals surface area contributed by atoms with Gasteiger partial charge in [-0.25, -0.2) is 8.42 Å². The Bertz CT molecular complexity index is 1290. The molecule has 4 rings (SSSR count). The number of carbonyl (C=O) groups excluding carboxylic acids is 1. The fraction of sp³-hybridized carbons (Fsp3) is 0.375. The normalized spacial score (nSPS) is 16.7. The average molecular weight is 517 g/mol. The number of para-hydroxylation sites is 1. The maximum Gasteiger partial charge on any atom is 0.233 e. The van der Waals surface area contributed by atoms with Crippen molar-refractivity contribution in [3.8, 4) is 28.6 Å². The summed E-state index contributed by atoms with van der Waals surface area (Å²) in [7, 11) is 0.125. The number of amides is 1. The van der Waals surface area contributed by atoms with E-state index in [0.29, 0.717) is 29.7 Å². The van der Waals surface area contributed by atoms with Gasteiger partial charge in [0.25, 0.3) is 0 Å². The van der Waals surface area contributed by atoms with Crippen molar-refractivity contribution in [2.24, 2.45) is 0 Å². The molecule has 0 N–H and O–H groups in total. The molecule has 0 spiro atoms. The van der Waals surface area contributed by atoms with Gasteiger partial charge in [-0.2, -0.15) is 0 Å². The van der Waals surface area contributed by atoms with Gasteiger partial charge in [0.1, 0.15) is 11.5 Å². The largest absolute Gasteiger partial charge is 0.497 e. The SMILES string of the molecule is CCN(C(=O)CSc1nnc(-c2ccccc2OC)n1-c1ccc(OC)cc1)C1CCS(=O)(=O)C1. The lowest BCUT2D eigenvalue weighted by Crippen LogP contribution is -2.42. The van der Waals surface area contributed by atoms with Crippen molar-refractivity contribution in [3.05, 3.63) is 48.5 Å². The summed E-state index contributed by atoms with van der Waals surface area (Å²) < 4.78 is 36.5. The molecule has 0 bridgehead atoms. The zero-order valence-electron chi connectivity index (χ0n) is 19.9. The highest BCUT2D eigenvalue weighted by Gasteiger charge is 2.34. The van der Waals surface area contributed by atoms with Crippen molar-refractivity contribution in [1.82, 2.24) is 19.7 Å². The zero-order chi connectivity index (χ0) is 25.0. The first-order valence-corrected chi connectivity index (χ1v) is 14.0. The number of benzene rings is 2. The molecule has 186 valence electrons. The topological polar surface area (TPSA) is 104 Å². The van der Waals surface area contributed by atoms with Gasteiger partial charge in [-0.15, -0.1) is 10.2 Å². The number of sulfone groups is 1. The Morgan fingerprint density at radius 3 is 2.49 bits per heavy atom.